The van der Waals surface area contributed by atoms with Crippen molar-refractivity contribution in [1.29, 1.82) is 0 Å². The van der Waals surface area contributed by atoms with E-state index in [4.69, 9.17) is 70.4 Å². The van der Waals surface area contributed by atoms with Crippen molar-refractivity contribution in [3.8, 4) is 0 Å². The third-order valence-corrected chi connectivity index (χ3v) is 5.80. The van der Waals surface area contributed by atoms with Crippen LogP contribution in [0.25, 0.3) is 0 Å². The fraction of sp³-hybridized carbons (Fsp3) is 0.950. The van der Waals surface area contributed by atoms with E-state index in [1.165, 1.54) is 0 Å². The van der Waals surface area contributed by atoms with Crippen molar-refractivity contribution < 1.29 is 85.6 Å². The SMILES string of the molecule is C.C.C.C.C1COCCN1.CN1CCOCC1.CO.COCCN.COCCN1CCOCC1.COCCO.NCCOCCO.O=CCOCCO.OCCOCCO.[C-]#[O+].[H+].[H-]. The average molecular weight is 926 g/mol. The van der Waals surface area contributed by atoms with E-state index in [9.17, 15) is 4.79 Å². The molecule has 0 atom stereocenters. The third-order valence-electron chi connectivity index (χ3n) is 5.80. The molecule has 3 rings (SSSR count). The van der Waals surface area contributed by atoms with Gasteiger partial charge in [-0.2, -0.15) is 0 Å². The Morgan fingerprint density at radius 2 is 0.968 bits per heavy atom. The summed E-state index contributed by atoms with van der Waals surface area (Å²) in [5, 5.41) is 50.5. The molecule has 22 nitrogen and oxygen atoms in total. The molecule has 22 heteroatoms. The summed E-state index contributed by atoms with van der Waals surface area (Å²) in [7, 11) is 8.03. The van der Waals surface area contributed by atoms with E-state index in [0.717, 1.165) is 99.2 Å². The topological polar surface area (TPSA) is 312 Å². The van der Waals surface area contributed by atoms with Crippen LogP contribution in [-0.4, -0.2) is 273 Å². The van der Waals surface area contributed by atoms with E-state index >= 15 is 0 Å². The first-order valence-electron chi connectivity index (χ1n) is 19.0. The van der Waals surface area contributed by atoms with Crippen molar-refractivity contribution in [2.75, 3.05) is 227 Å². The number of hydrogen-bond acceptors (Lipinski definition) is 21. The van der Waals surface area contributed by atoms with E-state index in [2.05, 4.69) is 47.8 Å². The molecular formula is C40H103N5O17. The predicted molar refractivity (Wildman–Crippen MR) is 248 cm³/mol. The summed E-state index contributed by atoms with van der Waals surface area (Å²) in [6.07, 6.45) is 0.648. The van der Waals surface area contributed by atoms with Crippen LogP contribution >= 0.6 is 0 Å². The van der Waals surface area contributed by atoms with Gasteiger partial charge in [0.2, 0.25) is 0 Å². The van der Waals surface area contributed by atoms with Gasteiger partial charge in [0.1, 0.15) is 12.9 Å². The molecule has 0 aromatic heterocycles. The number of nitrogens with one attached hydrogen (secondary N) is 1. The number of ether oxygens (including phenoxy) is 9. The fourth-order valence-corrected chi connectivity index (χ4v) is 3.10. The Labute approximate surface area is 381 Å². The maximum absolute atomic E-state index is 9.47. The van der Waals surface area contributed by atoms with Crippen LogP contribution in [0.3, 0.4) is 0 Å². The number of methoxy groups -OCH3 is 3. The molecule has 3 aliphatic heterocycles. The van der Waals surface area contributed by atoms with Crippen LogP contribution < -0.4 is 16.8 Å². The van der Waals surface area contributed by atoms with Crippen LogP contribution in [0.4, 0.5) is 0 Å². The van der Waals surface area contributed by atoms with E-state index in [1.807, 2.05) is 0 Å². The van der Waals surface area contributed by atoms with E-state index in [0.29, 0.717) is 59.0 Å². The van der Waals surface area contributed by atoms with Gasteiger partial charge in [-0.3, -0.25) is 4.90 Å². The number of hydrogen-bond donors (Lipinski definition) is 9. The van der Waals surface area contributed by atoms with Crippen molar-refractivity contribution in [2.45, 2.75) is 29.7 Å². The standard InChI is InChI=1S/C7H15NO2.C5H11NO.C4H11NO2.C4H9NO.C4H10O3.C4H8O3.C3H9NO.C3H8O2.CH4O.CO.4CH4.H/c1-9-5-2-8-3-6-10-7-4-8;1-6-2-4-7-5-3-6;5-1-3-7-4-2-6;1-3-6-4-2-5-1;2*5-1-3-7-4-2-6;2*1-5-3-2-4;2*1-2;;;;;/h2-7H2,1H3;2-5H2,1H3;6H,1-5H2;5H,1-4H2;5-6H,1-4H2;1,6H,2-4H2;2-4H2,1H3;4H,2-3H2,1H3;2H,1H3;;4*1H4;/q;;;;;;;;;;;;;;-1/p+1. The van der Waals surface area contributed by atoms with Gasteiger partial charge < -0.3 is 101 Å². The van der Waals surface area contributed by atoms with E-state index in [-0.39, 0.29) is 78.8 Å². The van der Waals surface area contributed by atoms with Crippen molar-refractivity contribution >= 4 is 6.29 Å². The number of nitrogens with zero attached hydrogens (tertiary/aromatic N) is 2. The second-order valence-corrected chi connectivity index (χ2v) is 10.4. The largest absolute Gasteiger partial charge is 1.00 e. The van der Waals surface area contributed by atoms with Gasteiger partial charge in [-0.25, -0.2) is 0 Å². The maximum Gasteiger partial charge on any atom is 1.00 e. The molecule has 3 heterocycles. The molecule has 0 radical (unpaired) electrons. The van der Waals surface area contributed by atoms with Crippen LogP contribution in [0.15, 0.2) is 0 Å². The minimum Gasteiger partial charge on any atom is -1.00 e. The first kappa shape index (κ1) is 87.5. The zero-order valence-electron chi connectivity index (χ0n) is 38.3. The summed E-state index contributed by atoms with van der Waals surface area (Å²) >= 11 is 0. The average Bonchev–Trinajstić information content (AvgIpc) is 3.28. The van der Waals surface area contributed by atoms with Gasteiger partial charge in [-0.15, -0.1) is 0 Å². The second kappa shape index (κ2) is 103. The number of aliphatic hydroxyl groups excluding tert-OH is 6. The van der Waals surface area contributed by atoms with Gasteiger partial charge >= 0.3 is 12.7 Å². The molecule has 62 heavy (non-hydrogen) atoms. The Balaban J connectivity index is -0.0000000415. The number of rotatable bonds is 19. The molecular weight excluding hydrogens is 822 g/mol. The zero-order valence-corrected chi connectivity index (χ0v) is 36.3. The third kappa shape index (κ3) is 118. The second-order valence-electron chi connectivity index (χ2n) is 10.4. The fourth-order valence-electron chi connectivity index (χ4n) is 3.10. The summed E-state index contributed by atoms with van der Waals surface area (Å²) in [6.45, 7) is 22.5. The van der Waals surface area contributed by atoms with Gasteiger partial charge in [-0.1, -0.05) is 29.7 Å². The molecule has 3 aliphatic rings. The number of nitrogens with two attached hydrogens (primary N) is 2. The number of aliphatic hydroxyl groups is 6. The number of likely N-dealkylation sites (N-methyl/N-ethyl adjacent to an activating group) is 1. The van der Waals surface area contributed by atoms with Gasteiger partial charge in [0.05, 0.1) is 126 Å². The Morgan fingerprint density at radius 3 is 1.21 bits per heavy atom. The molecule has 0 bridgehead atoms. The molecule has 0 aromatic rings. The first-order chi connectivity index (χ1) is 28.4. The smallest absolute Gasteiger partial charge is 1.00 e. The van der Waals surface area contributed by atoms with Crippen molar-refractivity contribution in [3.63, 3.8) is 0 Å². The van der Waals surface area contributed by atoms with Crippen LogP contribution in [0, 0.1) is 6.65 Å². The Hall–Kier alpha value is -1.39. The molecule has 3 fully saturated rings. The summed E-state index contributed by atoms with van der Waals surface area (Å²) in [5.74, 6) is 0. The molecule has 0 spiro atoms. The Morgan fingerprint density at radius 1 is 0.613 bits per heavy atom. The summed E-state index contributed by atoms with van der Waals surface area (Å²) < 4.78 is 50.7. The Kier molecular flexibility index (Phi) is 145. The minimum atomic E-state index is -0.0200. The van der Waals surface area contributed by atoms with E-state index in [1.54, 1.807) is 21.3 Å². The van der Waals surface area contributed by atoms with Gasteiger partial charge in [-0.05, 0) is 7.05 Å². The molecule has 0 unspecified atom stereocenters. The normalized spacial score (nSPS) is 13.2. The molecule has 0 aliphatic carbocycles. The number of carbonyl (C=O) groups is 1. The molecule has 0 saturated carbocycles. The summed E-state index contributed by atoms with van der Waals surface area (Å²) in [6, 6.07) is 0. The first-order valence-corrected chi connectivity index (χ1v) is 19.0. The van der Waals surface area contributed by atoms with Crippen LogP contribution in [0.1, 0.15) is 32.6 Å². The molecule has 0 aromatic carbocycles. The zero-order chi connectivity index (χ0) is 45.4. The number of morpholine rings is 3. The van der Waals surface area contributed by atoms with Crippen LogP contribution in [-0.2, 0) is 52.1 Å². The molecule has 3 saturated heterocycles. The van der Waals surface area contributed by atoms with Gasteiger partial charge in [0, 0.05) is 87.3 Å². The quantitative estimate of drug-likeness (QED) is 0.0299. The van der Waals surface area contributed by atoms with Gasteiger partial charge in [0.15, 0.2) is 0 Å². The number of carbonyl (C=O) groups excluding carboxylic acids is 1. The van der Waals surface area contributed by atoms with Crippen LogP contribution in [0.2, 0.25) is 0 Å². The summed E-state index contributed by atoms with van der Waals surface area (Å²) in [4.78, 5) is 14.1. The van der Waals surface area contributed by atoms with Crippen molar-refractivity contribution in [2.24, 2.45) is 11.5 Å². The van der Waals surface area contributed by atoms with Crippen molar-refractivity contribution in [1.82, 2.24) is 15.1 Å². The van der Waals surface area contributed by atoms with Crippen molar-refractivity contribution in [3.05, 3.63) is 6.65 Å². The monoisotopic (exact) mass is 926 g/mol. The predicted octanol–water partition coefficient (Wildman–Crippen LogP) is -1.79. The number of aldehydes is 1. The molecule has 0 amide bonds. The van der Waals surface area contributed by atoms with E-state index < -0.39 is 0 Å². The van der Waals surface area contributed by atoms with Crippen LogP contribution in [0.5, 0.6) is 0 Å². The molecule has 11 N–H and O–H groups in total. The van der Waals surface area contributed by atoms with Gasteiger partial charge in [0.25, 0.3) is 0 Å². The minimum absolute atomic E-state index is 0. The maximum atomic E-state index is 9.47. The molecule has 390 valence electrons. The Bertz CT molecular complexity index is 604. The summed E-state index contributed by atoms with van der Waals surface area (Å²) in [5.41, 5.74) is 10.1.